The van der Waals surface area contributed by atoms with Crippen molar-refractivity contribution in [3.63, 3.8) is 0 Å². The molecule has 0 bridgehead atoms. The summed E-state index contributed by atoms with van der Waals surface area (Å²) >= 11 is 0. The Kier molecular flexibility index (Phi) is 79.9. The minimum Gasteiger partial charge on any atom is -0.362 e. The molecule has 16 rings (SSSR count). The zero-order valence-electron chi connectivity index (χ0n) is 87.0. The number of carbonyl (C=O) groups is 12. The number of benzene rings is 16. The minimum atomic E-state index is -1.22. The Bertz CT molecular complexity index is 4550. The van der Waals surface area contributed by atoms with Crippen LogP contribution in [0, 0.1) is 0 Å². The summed E-state index contributed by atoms with van der Waals surface area (Å²) in [6, 6.07) is 174. The van der Waals surface area contributed by atoms with Crippen LogP contribution in [0.5, 0.6) is 0 Å². The van der Waals surface area contributed by atoms with Gasteiger partial charge in [-0.1, -0.05) is 485 Å². The Hall–Kier alpha value is -17.6. The molecule has 0 heterocycles. The van der Waals surface area contributed by atoms with Gasteiger partial charge in [-0.05, 0) is 0 Å². The van der Waals surface area contributed by atoms with Crippen LogP contribution in [0.1, 0.15) is 0 Å². The summed E-state index contributed by atoms with van der Waals surface area (Å²) < 4.78 is 0. The molecule has 24 nitrogen and oxygen atoms in total. The number of amides is 12. The molecule has 2 radical (unpaired) electrons. The fourth-order valence-electron chi connectivity index (χ4n) is 16.5. The molecular formula is C120H140B4Co2N12O12. The third-order valence-electron chi connectivity index (χ3n) is 22.2. The van der Waals surface area contributed by atoms with E-state index in [-0.39, 0.29) is 33.6 Å². The normalized spacial score (nSPS) is 9.15. The average Bonchev–Trinajstić information content (AvgIpc) is 0.753. The molecule has 150 heavy (non-hydrogen) atoms. The van der Waals surface area contributed by atoms with Gasteiger partial charge in [-0.2, -0.15) is 87.4 Å². The molecule has 0 aliphatic carbocycles. The van der Waals surface area contributed by atoms with Crippen LogP contribution in [0.25, 0.3) is 0 Å². The fraction of sp³-hybridized carbons (Fsp3) is 0.100. The van der Waals surface area contributed by atoms with E-state index in [0.29, 0.717) is 76.9 Å². The molecule has 0 fully saturated rings. The second-order valence-electron chi connectivity index (χ2n) is 30.9. The smallest absolute Gasteiger partial charge is 0.362 e. The molecule has 0 aliphatic heterocycles. The second-order valence-corrected chi connectivity index (χ2v) is 30.9. The summed E-state index contributed by atoms with van der Waals surface area (Å²) in [5.74, 6) is 0. The molecule has 782 valence electrons. The van der Waals surface area contributed by atoms with Gasteiger partial charge < -0.3 is 63.8 Å². The van der Waals surface area contributed by atoms with Crippen LogP contribution in [0.15, 0.2) is 485 Å². The van der Waals surface area contributed by atoms with E-state index in [1.54, 1.807) is 84.6 Å². The third-order valence-corrected chi connectivity index (χ3v) is 22.2. The van der Waals surface area contributed by atoms with Gasteiger partial charge in [-0.3, -0.25) is 57.5 Å². The van der Waals surface area contributed by atoms with E-state index >= 15 is 0 Å². The summed E-state index contributed by atoms with van der Waals surface area (Å²) in [6.45, 7) is 0. The van der Waals surface area contributed by atoms with Crippen molar-refractivity contribution in [1.29, 1.82) is 0 Å². The zero-order valence-corrected chi connectivity index (χ0v) is 89.1. The summed E-state index contributed by atoms with van der Waals surface area (Å²) in [5, 5.41) is 27.0. The Labute approximate surface area is 907 Å². The maximum absolute atomic E-state index is 9.06. The van der Waals surface area contributed by atoms with Gasteiger partial charge in [0.1, 0.15) is 24.6 Å². The zero-order chi connectivity index (χ0) is 109. The fourth-order valence-corrected chi connectivity index (χ4v) is 16.5. The molecule has 0 aliphatic rings. The Morgan fingerprint density at radius 3 is 0.180 bits per heavy atom. The van der Waals surface area contributed by atoms with Gasteiger partial charge in [-0.15, -0.1) is 0 Å². The van der Waals surface area contributed by atoms with Crippen LogP contribution in [-0.4, -0.2) is 186 Å². The Morgan fingerprint density at radius 1 is 0.107 bits per heavy atom. The first kappa shape index (κ1) is 134. The second kappa shape index (κ2) is 89.1. The average molecular weight is 2100 g/mol. The standard InChI is InChI=1S/4C24H20B.12C2H5NO.2Co/c4*1-5-13-21(14-6-1)25(22-15-7-2-8-16-22,23-17-9-3-10-18-23)24-19-11-4-12-20-24;12*1-3-2-4;;/h4*1-20H;12*2H,1H3,(H,3,4);;/q4*-1;;;;;;;;;;;;;2*+2. The molecule has 16 aromatic rings. The monoisotopic (exact) mass is 2100 g/mol. The van der Waals surface area contributed by atoms with Gasteiger partial charge in [0.2, 0.25) is 76.9 Å². The summed E-state index contributed by atoms with van der Waals surface area (Å²) in [5.41, 5.74) is 21.4. The van der Waals surface area contributed by atoms with E-state index in [9.17, 15) is 0 Å². The molecule has 30 heteroatoms. The first-order valence-corrected chi connectivity index (χ1v) is 47.5. The molecule has 0 aromatic heterocycles. The van der Waals surface area contributed by atoms with Crippen LogP contribution in [-0.2, 0) is 91.1 Å². The number of carbonyl (C=O) groups excluding carboxylic acids is 12. The number of rotatable bonds is 28. The molecule has 0 atom stereocenters. The summed E-state index contributed by atoms with van der Waals surface area (Å²) in [6.07, 6.45) is 2.64. The van der Waals surface area contributed by atoms with Crippen molar-refractivity contribution in [2.24, 2.45) is 0 Å². The molecule has 0 spiro atoms. The molecular weight excluding hydrogens is 1960 g/mol. The van der Waals surface area contributed by atoms with Gasteiger partial charge in [0.15, 0.2) is 0 Å². The van der Waals surface area contributed by atoms with Crippen molar-refractivity contribution in [2.75, 3.05) is 84.6 Å². The van der Waals surface area contributed by atoms with Gasteiger partial charge in [0.05, 0.1) is 0 Å². The van der Waals surface area contributed by atoms with Crippen LogP contribution in [0.3, 0.4) is 0 Å². The van der Waals surface area contributed by atoms with E-state index in [4.69, 9.17) is 57.5 Å². The molecule has 0 saturated carbocycles. The van der Waals surface area contributed by atoms with Crippen molar-refractivity contribution in [3.05, 3.63) is 485 Å². The molecule has 12 N–H and O–H groups in total. The van der Waals surface area contributed by atoms with E-state index < -0.39 is 24.6 Å². The van der Waals surface area contributed by atoms with Gasteiger partial charge >= 0.3 is 33.6 Å². The van der Waals surface area contributed by atoms with Crippen molar-refractivity contribution < 1.29 is 91.1 Å². The van der Waals surface area contributed by atoms with Crippen LogP contribution >= 0.6 is 0 Å². The van der Waals surface area contributed by atoms with Gasteiger partial charge in [-0.25, -0.2) is 0 Å². The topological polar surface area (TPSA) is 349 Å². The summed E-state index contributed by atoms with van der Waals surface area (Å²) in [7, 11) is 18.8. The predicted octanol–water partition coefficient (Wildman–Crippen LogP) is 4.60. The minimum absolute atomic E-state index is 0. The number of hydrogen-bond acceptors (Lipinski definition) is 12. The van der Waals surface area contributed by atoms with E-state index in [1.807, 2.05) is 0 Å². The molecule has 0 saturated heterocycles. The largest absolute Gasteiger partial charge is 2.00 e. The van der Waals surface area contributed by atoms with Crippen LogP contribution in [0.2, 0.25) is 0 Å². The quantitative estimate of drug-likeness (QED) is 0.0237. The van der Waals surface area contributed by atoms with Crippen molar-refractivity contribution in [1.82, 2.24) is 63.8 Å². The van der Waals surface area contributed by atoms with Gasteiger partial charge in [0.25, 0.3) is 0 Å². The van der Waals surface area contributed by atoms with E-state index in [2.05, 4.69) is 549 Å². The third kappa shape index (κ3) is 45.8. The first-order valence-electron chi connectivity index (χ1n) is 47.5. The maximum atomic E-state index is 9.06. The molecule has 16 aromatic carbocycles. The first-order chi connectivity index (χ1) is 72.7. The summed E-state index contributed by atoms with van der Waals surface area (Å²) in [4.78, 5) is 109. The number of nitrogens with one attached hydrogen (secondary N) is 12. The maximum Gasteiger partial charge on any atom is 2.00 e. The SMILES string of the molecule is CNC=O.CNC=O.CNC=O.CNC=O.CNC=O.CNC=O.CNC=O.CNC=O.CNC=O.CNC=O.CNC=O.CNC=O.[Co+2].[Co+2].c1ccc([B-](c2ccccc2)(c2ccccc2)c2ccccc2)cc1.c1ccc([B-](c2ccccc2)(c2ccccc2)c2ccccc2)cc1.c1ccc([B-](c2ccccc2)(c2ccccc2)c2ccccc2)cc1.c1ccc([B-](c2ccccc2)(c2ccccc2)c2ccccc2)cc1. The Morgan fingerprint density at radius 2 is 0.147 bits per heavy atom. The molecule has 12 amide bonds. The van der Waals surface area contributed by atoms with Gasteiger partial charge in [0, 0.05) is 84.6 Å². The van der Waals surface area contributed by atoms with E-state index in [0.717, 1.165) is 0 Å². The van der Waals surface area contributed by atoms with Crippen LogP contribution < -0.4 is 151 Å². The van der Waals surface area contributed by atoms with Crippen LogP contribution in [0.4, 0.5) is 0 Å². The number of hydrogen-bond donors (Lipinski definition) is 12. The van der Waals surface area contributed by atoms with Crippen molar-refractivity contribution >= 4 is 189 Å². The van der Waals surface area contributed by atoms with Crippen molar-refractivity contribution in [2.45, 2.75) is 0 Å². The van der Waals surface area contributed by atoms with Crippen molar-refractivity contribution in [3.8, 4) is 0 Å². The predicted molar refractivity (Wildman–Crippen MR) is 622 cm³/mol. The van der Waals surface area contributed by atoms with E-state index in [1.165, 1.54) is 87.4 Å². The Balaban J connectivity index is 0. The molecule has 0 unspecified atom stereocenters.